The third-order valence-corrected chi connectivity index (χ3v) is 7.01. The van der Waals surface area contributed by atoms with Crippen LogP contribution in [0.3, 0.4) is 0 Å². The minimum Gasteiger partial charge on any atom is -0.504 e. The average molecular weight is 500 g/mol. The van der Waals surface area contributed by atoms with Crippen molar-refractivity contribution in [3.8, 4) is 0 Å². The zero-order valence-corrected chi connectivity index (χ0v) is 17.9. The minimum absolute atomic E-state index is 0.0807. The first-order chi connectivity index (χ1) is 15.6. The second-order valence-corrected chi connectivity index (χ2v) is 9.23. The largest absolute Gasteiger partial charge is 0.504 e. The van der Waals surface area contributed by atoms with Gasteiger partial charge in [-0.3, -0.25) is 19.2 Å². The fourth-order valence-corrected chi connectivity index (χ4v) is 5.32. The first kappa shape index (κ1) is 24.8. The molecule has 7 nitrogen and oxygen atoms in total. The summed E-state index contributed by atoms with van der Waals surface area (Å²) in [5.74, 6) is -8.00. The molecule has 4 N–H and O–H groups in total. The molecule has 0 bridgehead atoms. The molecule has 2 heterocycles. The van der Waals surface area contributed by atoms with Crippen molar-refractivity contribution >= 4 is 5.76 Å². The molecule has 0 radical (unpaired) electrons. The van der Waals surface area contributed by atoms with E-state index in [0.717, 1.165) is 0 Å². The second kappa shape index (κ2) is 8.11. The standard InChI is InChI=1S/C20H23F7N4O3/c1-7-13-10(17(33)29-18(34)31(13)9-2-3-9)15(32)11(21)14(7)30-5-4-8(6-30)12(28)16(19(22,23)24)20(25,26)27/h7-9,12,14,16,32H,2-6,28H2,1H3,(H,29,33,34). The van der Waals surface area contributed by atoms with Crippen LogP contribution >= 0.6 is 0 Å². The van der Waals surface area contributed by atoms with Gasteiger partial charge in [0, 0.05) is 30.2 Å². The summed E-state index contributed by atoms with van der Waals surface area (Å²) < 4.78 is 95.4. The van der Waals surface area contributed by atoms with Crippen molar-refractivity contribution in [1.29, 1.82) is 0 Å². The van der Waals surface area contributed by atoms with E-state index >= 15 is 4.39 Å². The summed E-state index contributed by atoms with van der Waals surface area (Å²) in [5.41, 5.74) is 3.45. The van der Waals surface area contributed by atoms with Gasteiger partial charge in [-0.25, -0.2) is 9.18 Å². The number of alkyl halides is 6. The van der Waals surface area contributed by atoms with Crippen molar-refractivity contribution in [2.45, 2.75) is 62.6 Å². The van der Waals surface area contributed by atoms with E-state index in [1.54, 1.807) is 0 Å². The molecular weight excluding hydrogens is 477 g/mol. The Hall–Kier alpha value is -2.35. The Morgan fingerprint density at radius 2 is 1.68 bits per heavy atom. The molecule has 190 valence electrons. The van der Waals surface area contributed by atoms with Crippen LogP contribution in [0, 0.1) is 11.8 Å². The van der Waals surface area contributed by atoms with Gasteiger partial charge in [-0.05, 0) is 31.7 Å². The lowest BCUT2D eigenvalue weighted by Crippen LogP contribution is -2.53. The molecule has 1 aromatic rings. The number of aromatic nitrogens is 2. The van der Waals surface area contributed by atoms with Crippen LogP contribution in [-0.4, -0.2) is 57.1 Å². The second-order valence-electron chi connectivity index (χ2n) is 9.23. The van der Waals surface area contributed by atoms with E-state index in [2.05, 4.69) is 4.98 Å². The number of hydrogen-bond donors (Lipinski definition) is 3. The number of aliphatic hydroxyl groups is 1. The Morgan fingerprint density at radius 1 is 1.09 bits per heavy atom. The van der Waals surface area contributed by atoms with Gasteiger partial charge in [0.1, 0.15) is 5.56 Å². The van der Waals surface area contributed by atoms with Crippen LogP contribution in [0.25, 0.3) is 5.76 Å². The van der Waals surface area contributed by atoms with E-state index in [4.69, 9.17) is 5.73 Å². The number of H-pyrrole nitrogens is 1. The smallest absolute Gasteiger partial charge is 0.402 e. The van der Waals surface area contributed by atoms with Crippen LogP contribution in [-0.2, 0) is 0 Å². The Bertz CT molecular complexity index is 1110. The number of fused-ring (bicyclic) bond motifs is 1. The molecule has 1 aliphatic heterocycles. The number of nitrogens with zero attached hydrogens (tertiary/aromatic N) is 2. The van der Waals surface area contributed by atoms with Gasteiger partial charge in [0.25, 0.3) is 5.56 Å². The maximum Gasteiger partial charge on any atom is 0.402 e. The highest BCUT2D eigenvalue weighted by Gasteiger charge is 2.61. The van der Waals surface area contributed by atoms with Gasteiger partial charge in [-0.1, -0.05) is 6.92 Å². The van der Waals surface area contributed by atoms with Crippen molar-refractivity contribution in [2.24, 2.45) is 17.6 Å². The average Bonchev–Trinajstić information content (AvgIpc) is 3.39. The van der Waals surface area contributed by atoms with Crippen molar-refractivity contribution in [3.05, 3.63) is 37.9 Å². The zero-order chi connectivity index (χ0) is 25.3. The van der Waals surface area contributed by atoms with E-state index in [0.29, 0.717) is 12.8 Å². The van der Waals surface area contributed by atoms with Gasteiger partial charge in [0.05, 0.1) is 6.04 Å². The van der Waals surface area contributed by atoms with Gasteiger partial charge in [-0.15, -0.1) is 0 Å². The van der Waals surface area contributed by atoms with E-state index in [-0.39, 0.29) is 31.2 Å². The number of likely N-dealkylation sites (tertiary alicyclic amines) is 1. The number of hydrogen-bond acceptors (Lipinski definition) is 5. The number of nitrogens with two attached hydrogens (primary N) is 1. The summed E-state index contributed by atoms with van der Waals surface area (Å²) in [7, 11) is 0. The lowest BCUT2D eigenvalue weighted by Gasteiger charge is -2.37. The Kier molecular flexibility index (Phi) is 5.91. The topological polar surface area (TPSA) is 104 Å². The SMILES string of the molecule is CC1c2c(c(=O)[nH]c(=O)n2C2CC2)C(O)=C(F)C1N1CCC(C(N)C(C(F)(F)F)C(F)(F)F)C1. The number of aromatic amines is 1. The highest BCUT2D eigenvalue weighted by molar-refractivity contribution is 5.66. The maximum atomic E-state index is 15.3. The monoisotopic (exact) mass is 500 g/mol. The predicted octanol–water partition coefficient (Wildman–Crippen LogP) is 2.94. The van der Waals surface area contributed by atoms with Crippen molar-refractivity contribution in [1.82, 2.24) is 14.5 Å². The summed E-state index contributed by atoms with van der Waals surface area (Å²) in [6.07, 6.45) is -10.1. The van der Waals surface area contributed by atoms with Crippen LogP contribution in [0.2, 0.25) is 0 Å². The number of nitrogens with one attached hydrogen (secondary N) is 1. The molecule has 1 saturated carbocycles. The minimum atomic E-state index is -5.60. The van der Waals surface area contributed by atoms with Crippen LogP contribution in [0.5, 0.6) is 0 Å². The first-order valence-electron chi connectivity index (χ1n) is 10.7. The van der Waals surface area contributed by atoms with Crippen LogP contribution < -0.4 is 17.0 Å². The first-order valence-corrected chi connectivity index (χ1v) is 10.7. The lowest BCUT2D eigenvalue weighted by atomic mass is 9.85. The Morgan fingerprint density at radius 3 is 2.21 bits per heavy atom. The van der Waals surface area contributed by atoms with E-state index in [1.807, 2.05) is 0 Å². The molecule has 0 amide bonds. The van der Waals surface area contributed by atoms with Crippen molar-refractivity contribution in [2.75, 3.05) is 13.1 Å². The molecule has 3 aliphatic rings. The molecule has 2 fully saturated rings. The summed E-state index contributed by atoms with van der Waals surface area (Å²) in [4.78, 5) is 28.1. The molecule has 1 saturated heterocycles. The Labute approximate surface area is 188 Å². The zero-order valence-electron chi connectivity index (χ0n) is 17.9. The summed E-state index contributed by atoms with van der Waals surface area (Å²) >= 11 is 0. The number of rotatable bonds is 4. The number of halogens is 7. The van der Waals surface area contributed by atoms with Crippen LogP contribution in [0.15, 0.2) is 15.4 Å². The molecule has 4 unspecified atom stereocenters. The fraction of sp³-hybridized carbons (Fsp3) is 0.700. The third kappa shape index (κ3) is 4.04. The maximum absolute atomic E-state index is 15.3. The van der Waals surface area contributed by atoms with E-state index in [9.17, 15) is 41.0 Å². The molecule has 4 atom stereocenters. The van der Waals surface area contributed by atoms with Gasteiger partial charge >= 0.3 is 18.0 Å². The normalized spacial score (nSPS) is 27.4. The predicted molar refractivity (Wildman–Crippen MR) is 106 cm³/mol. The van der Waals surface area contributed by atoms with Gasteiger partial charge in [0.15, 0.2) is 17.5 Å². The van der Waals surface area contributed by atoms with Gasteiger partial charge < -0.3 is 10.8 Å². The summed E-state index contributed by atoms with van der Waals surface area (Å²) in [6, 6.07) is -3.84. The molecule has 0 aromatic carbocycles. The lowest BCUT2D eigenvalue weighted by molar-refractivity contribution is -0.292. The van der Waals surface area contributed by atoms with E-state index < -0.39 is 70.6 Å². The van der Waals surface area contributed by atoms with Crippen molar-refractivity contribution < 1.29 is 35.8 Å². The third-order valence-electron chi connectivity index (χ3n) is 7.01. The molecular formula is C20H23F7N4O3. The number of aliphatic hydroxyl groups excluding tert-OH is 1. The molecule has 34 heavy (non-hydrogen) atoms. The molecule has 14 heteroatoms. The van der Waals surface area contributed by atoms with E-state index in [1.165, 1.54) is 16.4 Å². The van der Waals surface area contributed by atoms with Crippen LogP contribution in [0.1, 0.15) is 49.4 Å². The Balaban J connectivity index is 1.67. The molecule has 4 rings (SSSR count). The van der Waals surface area contributed by atoms with Gasteiger partial charge in [0.2, 0.25) is 0 Å². The summed E-state index contributed by atoms with van der Waals surface area (Å²) in [6.45, 7) is 1.03. The quantitative estimate of drug-likeness (QED) is 0.552. The molecule has 0 spiro atoms. The van der Waals surface area contributed by atoms with Crippen molar-refractivity contribution in [3.63, 3.8) is 0 Å². The molecule has 1 aromatic heterocycles. The fourth-order valence-electron chi connectivity index (χ4n) is 5.32. The van der Waals surface area contributed by atoms with Crippen LogP contribution in [0.4, 0.5) is 30.7 Å². The van der Waals surface area contributed by atoms with Gasteiger partial charge in [-0.2, -0.15) is 26.3 Å². The highest BCUT2D eigenvalue weighted by Crippen LogP contribution is 2.46. The molecule has 2 aliphatic carbocycles. The highest BCUT2D eigenvalue weighted by atomic mass is 19.4. The summed E-state index contributed by atoms with van der Waals surface area (Å²) in [5, 5.41) is 10.5.